The van der Waals surface area contributed by atoms with Crippen LogP contribution in [-0.2, 0) is 9.47 Å². The molecule has 3 amide bonds. The van der Waals surface area contributed by atoms with E-state index in [-0.39, 0.29) is 23.5 Å². The van der Waals surface area contributed by atoms with Gasteiger partial charge in [-0.05, 0) is 103 Å². The lowest BCUT2D eigenvalue weighted by molar-refractivity contribution is 0.0199. The van der Waals surface area contributed by atoms with Crippen molar-refractivity contribution >= 4 is 52.2 Å². The van der Waals surface area contributed by atoms with Gasteiger partial charge < -0.3 is 18.9 Å². The minimum absolute atomic E-state index is 0.0438. The predicted molar refractivity (Wildman–Crippen MR) is 183 cm³/mol. The Bertz CT molecular complexity index is 1810. The fourth-order valence-electron chi connectivity index (χ4n) is 6.31. The number of aromatic nitrogens is 3. The number of para-hydroxylation sites is 2. The van der Waals surface area contributed by atoms with Crippen LogP contribution in [0.2, 0.25) is 0 Å². The third-order valence-electron chi connectivity index (χ3n) is 8.49. The van der Waals surface area contributed by atoms with Gasteiger partial charge >= 0.3 is 12.2 Å². The lowest BCUT2D eigenvalue weighted by atomic mass is 9.65. The van der Waals surface area contributed by atoms with Crippen LogP contribution < -0.4 is 10.2 Å². The SMILES string of the molecule is CN(C(=O)OC(C)(C)C)c1ccc(-c2ccc(C(=O)Nc3nc4ccccc4n3[C@H]3C[C@@]4(CCN(C(=O)OC(C)(C)C)C4)C3)s2)cn1. The average molecular weight is 659 g/mol. The minimum atomic E-state index is -0.607. The number of thiophene rings is 1. The Labute approximate surface area is 278 Å². The fourth-order valence-corrected chi connectivity index (χ4v) is 7.20. The van der Waals surface area contributed by atoms with E-state index >= 15 is 0 Å². The van der Waals surface area contributed by atoms with E-state index in [1.807, 2.05) is 82.8 Å². The maximum atomic E-state index is 13.5. The smallest absolute Gasteiger partial charge is 0.415 e. The van der Waals surface area contributed by atoms with Gasteiger partial charge in [-0.25, -0.2) is 19.6 Å². The number of carbonyl (C=O) groups is 3. The molecule has 0 atom stereocenters. The number of likely N-dealkylation sites (tertiary alicyclic amines) is 1. The van der Waals surface area contributed by atoms with Crippen LogP contribution in [0.4, 0.5) is 21.4 Å². The molecule has 3 aromatic heterocycles. The first-order chi connectivity index (χ1) is 22.1. The number of hydrogen-bond acceptors (Lipinski definition) is 8. The summed E-state index contributed by atoms with van der Waals surface area (Å²) < 4.78 is 13.2. The van der Waals surface area contributed by atoms with Gasteiger partial charge in [0.1, 0.15) is 17.0 Å². The number of anilines is 2. The molecule has 6 rings (SSSR count). The van der Waals surface area contributed by atoms with Gasteiger partial charge in [-0.1, -0.05) is 12.1 Å². The minimum Gasteiger partial charge on any atom is -0.444 e. The summed E-state index contributed by atoms with van der Waals surface area (Å²) in [5, 5.41) is 3.08. The third kappa shape index (κ3) is 6.97. The van der Waals surface area contributed by atoms with Crippen molar-refractivity contribution in [2.24, 2.45) is 5.41 Å². The second-order valence-electron chi connectivity index (χ2n) is 14.6. The number of rotatable bonds is 5. The van der Waals surface area contributed by atoms with Crippen molar-refractivity contribution in [1.29, 1.82) is 0 Å². The van der Waals surface area contributed by atoms with Crippen LogP contribution in [0.25, 0.3) is 21.5 Å². The van der Waals surface area contributed by atoms with Crippen molar-refractivity contribution in [3.63, 3.8) is 0 Å². The van der Waals surface area contributed by atoms with Crippen LogP contribution in [-0.4, -0.2) is 68.9 Å². The monoisotopic (exact) mass is 658 g/mol. The number of nitrogens with one attached hydrogen (secondary N) is 1. The number of benzene rings is 1. The number of nitrogens with zero attached hydrogens (tertiary/aromatic N) is 5. The van der Waals surface area contributed by atoms with Crippen molar-refractivity contribution < 1.29 is 23.9 Å². The second-order valence-corrected chi connectivity index (χ2v) is 15.7. The van der Waals surface area contributed by atoms with E-state index in [0.717, 1.165) is 40.7 Å². The van der Waals surface area contributed by atoms with Crippen molar-refractivity contribution in [1.82, 2.24) is 19.4 Å². The summed E-state index contributed by atoms with van der Waals surface area (Å²) >= 11 is 1.36. The van der Waals surface area contributed by atoms with E-state index in [1.165, 1.54) is 16.2 Å². The highest BCUT2D eigenvalue weighted by Crippen LogP contribution is 2.55. The van der Waals surface area contributed by atoms with Crippen LogP contribution in [0.3, 0.4) is 0 Å². The fraction of sp³-hybridized carbons (Fsp3) is 0.457. The molecule has 4 heterocycles. The van der Waals surface area contributed by atoms with Crippen molar-refractivity contribution in [2.75, 3.05) is 30.4 Å². The molecule has 1 N–H and O–H groups in total. The van der Waals surface area contributed by atoms with Crippen LogP contribution in [0.5, 0.6) is 0 Å². The largest absolute Gasteiger partial charge is 0.444 e. The quantitative estimate of drug-likeness (QED) is 0.233. The third-order valence-corrected chi connectivity index (χ3v) is 9.62. The molecular weight excluding hydrogens is 616 g/mol. The zero-order valence-electron chi connectivity index (χ0n) is 28.0. The molecule has 2 fully saturated rings. The number of imidazole rings is 1. The normalized spacial score (nSPS) is 19.5. The number of hydrogen-bond donors (Lipinski definition) is 1. The summed E-state index contributed by atoms with van der Waals surface area (Å²) in [6, 6.07) is 15.4. The number of pyridine rings is 1. The Balaban J connectivity index is 1.14. The van der Waals surface area contributed by atoms with E-state index in [9.17, 15) is 14.4 Å². The van der Waals surface area contributed by atoms with Gasteiger partial charge in [-0.3, -0.25) is 15.0 Å². The summed E-state index contributed by atoms with van der Waals surface area (Å²) in [5.74, 6) is 0.742. The van der Waals surface area contributed by atoms with E-state index in [2.05, 4.69) is 14.9 Å². The molecule has 1 aromatic carbocycles. The summed E-state index contributed by atoms with van der Waals surface area (Å²) in [7, 11) is 1.62. The Hall–Kier alpha value is -4.45. The van der Waals surface area contributed by atoms with Crippen molar-refractivity contribution in [3.8, 4) is 10.4 Å². The number of carbonyl (C=O) groups excluding carboxylic acids is 3. The first-order valence-electron chi connectivity index (χ1n) is 15.9. The zero-order valence-corrected chi connectivity index (χ0v) is 28.8. The first kappa shape index (κ1) is 32.5. The number of fused-ring (bicyclic) bond motifs is 1. The average Bonchev–Trinajstić information content (AvgIpc) is 3.72. The molecule has 0 radical (unpaired) electrons. The van der Waals surface area contributed by atoms with Crippen LogP contribution in [0, 0.1) is 5.41 Å². The molecule has 12 heteroatoms. The summed E-state index contributed by atoms with van der Waals surface area (Å²) in [4.78, 5) is 52.5. The maximum absolute atomic E-state index is 13.5. The molecule has 1 aliphatic carbocycles. The lowest BCUT2D eigenvalue weighted by Crippen LogP contribution is -2.43. The molecule has 4 aromatic rings. The number of ether oxygens (including phenoxy) is 2. The topological polar surface area (TPSA) is 119 Å². The molecule has 1 saturated carbocycles. The van der Waals surface area contributed by atoms with Crippen LogP contribution in [0.15, 0.2) is 54.7 Å². The van der Waals surface area contributed by atoms with Crippen LogP contribution in [0.1, 0.15) is 76.5 Å². The Morgan fingerprint density at radius 2 is 1.70 bits per heavy atom. The van der Waals surface area contributed by atoms with E-state index in [4.69, 9.17) is 14.5 Å². The molecule has 11 nitrogen and oxygen atoms in total. The Morgan fingerprint density at radius 3 is 2.38 bits per heavy atom. The molecule has 248 valence electrons. The summed E-state index contributed by atoms with van der Waals surface area (Å²) in [6.45, 7) is 12.5. The van der Waals surface area contributed by atoms with E-state index in [0.29, 0.717) is 29.7 Å². The highest BCUT2D eigenvalue weighted by atomic mass is 32.1. The first-order valence-corrected chi connectivity index (χ1v) is 16.7. The standard InChI is InChI=1S/C35H42N6O5S/c1-33(2,3)45-31(43)39(7)28-15-12-22(20-36-28)26-13-14-27(47-26)29(42)38-30-37-24-10-8-9-11-25(24)41(30)23-18-35(19-23)16-17-40(21-35)32(44)46-34(4,5)6/h8-15,20,23H,16-19,21H2,1-7H3,(H,37,38,42)/t23-,35-. The molecule has 47 heavy (non-hydrogen) atoms. The van der Waals surface area contributed by atoms with Gasteiger partial charge in [-0.2, -0.15) is 0 Å². The lowest BCUT2D eigenvalue weighted by Gasteiger charge is -2.46. The molecule has 0 unspecified atom stereocenters. The Morgan fingerprint density at radius 1 is 0.979 bits per heavy atom. The number of amides is 3. The van der Waals surface area contributed by atoms with Gasteiger partial charge in [0.2, 0.25) is 5.95 Å². The molecule has 1 saturated heterocycles. The molecule has 1 aliphatic heterocycles. The maximum Gasteiger partial charge on any atom is 0.415 e. The van der Waals surface area contributed by atoms with Gasteiger partial charge in [0.15, 0.2) is 0 Å². The predicted octanol–water partition coefficient (Wildman–Crippen LogP) is 7.75. The summed E-state index contributed by atoms with van der Waals surface area (Å²) in [6.07, 6.45) is 3.66. The second kappa shape index (κ2) is 12.0. The van der Waals surface area contributed by atoms with Gasteiger partial charge in [0, 0.05) is 42.8 Å². The van der Waals surface area contributed by atoms with E-state index < -0.39 is 17.3 Å². The molecule has 0 bridgehead atoms. The van der Waals surface area contributed by atoms with Gasteiger partial charge in [0.25, 0.3) is 5.91 Å². The highest BCUT2D eigenvalue weighted by Gasteiger charge is 2.51. The Kier molecular flexibility index (Phi) is 8.27. The molecule has 1 spiro atoms. The van der Waals surface area contributed by atoms with Gasteiger partial charge in [0.05, 0.1) is 15.9 Å². The van der Waals surface area contributed by atoms with Crippen LogP contribution >= 0.6 is 11.3 Å². The van der Waals surface area contributed by atoms with E-state index in [1.54, 1.807) is 25.4 Å². The zero-order chi connectivity index (χ0) is 33.7. The summed E-state index contributed by atoms with van der Waals surface area (Å²) in [5.41, 5.74) is 1.54. The van der Waals surface area contributed by atoms with Gasteiger partial charge in [-0.15, -0.1) is 11.3 Å². The van der Waals surface area contributed by atoms with Crippen molar-refractivity contribution in [2.45, 2.75) is 78.0 Å². The molecule has 2 aliphatic rings. The van der Waals surface area contributed by atoms with Crippen molar-refractivity contribution in [3.05, 3.63) is 59.6 Å². The molecular formula is C35H42N6O5S. The highest BCUT2D eigenvalue weighted by molar-refractivity contribution is 7.17.